The Hall–Kier alpha value is -2.02. The summed E-state index contributed by atoms with van der Waals surface area (Å²) in [7, 11) is -0.351. The Morgan fingerprint density at radius 1 is 0.591 bits per heavy atom. The Morgan fingerprint density at radius 2 is 1.09 bits per heavy atom. The van der Waals surface area contributed by atoms with Gasteiger partial charge in [0.2, 0.25) is 0 Å². The highest BCUT2D eigenvalue weighted by Crippen LogP contribution is 2.35. The van der Waals surface area contributed by atoms with Crippen molar-refractivity contribution < 1.29 is 23.5 Å². The molecule has 2 saturated heterocycles. The molecule has 3 atom stereocenters. The van der Waals surface area contributed by atoms with Crippen LogP contribution < -0.4 is 14.9 Å². The maximum absolute atomic E-state index is 6.46. The van der Waals surface area contributed by atoms with Gasteiger partial charge in [0.25, 0.3) is 0 Å². The van der Waals surface area contributed by atoms with Crippen molar-refractivity contribution in [1.82, 2.24) is 0 Å². The first kappa shape index (κ1) is 34.9. The van der Waals surface area contributed by atoms with E-state index in [1.165, 1.54) is 95.5 Å². The van der Waals surface area contributed by atoms with Crippen molar-refractivity contribution in [2.45, 2.75) is 148 Å². The van der Waals surface area contributed by atoms with Gasteiger partial charge in [-0.1, -0.05) is 128 Å². The lowest BCUT2D eigenvalue weighted by atomic mass is 9.76. The number of rotatable bonds is 22. The third kappa shape index (κ3) is 12.4. The minimum absolute atomic E-state index is 0.0442. The Bertz CT molecular complexity index is 997. The molecular weight excluding hydrogens is 547 g/mol. The molecule has 0 amide bonds. The summed E-state index contributed by atoms with van der Waals surface area (Å²) >= 11 is 0. The summed E-state index contributed by atoms with van der Waals surface area (Å²) in [5.41, 5.74) is 2.24. The van der Waals surface area contributed by atoms with Gasteiger partial charge in [-0.15, -0.1) is 0 Å². The first-order chi connectivity index (χ1) is 21.8. The second-order valence-corrected chi connectivity index (χ2v) is 12.9. The molecule has 0 aromatic heterocycles. The molecule has 6 heteroatoms. The lowest BCUT2D eigenvalue weighted by Crippen LogP contribution is -2.54. The van der Waals surface area contributed by atoms with Crippen LogP contribution in [0.4, 0.5) is 0 Å². The molecule has 0 unspecified atom stereocenters. The third-order valence-electron chi connectivity index (χ3n) is 9.11. The van der Waals surface area contributed by atoms with Gasteiger partial charge in [-0.2, -0.15) is 0 Å². The maximum atomic E-state index is 6.46. The second kappa shape index (κ2) is 20.9. The summed E-state index contributed by atoms with van der Waals surface area (Å²) < 4.78 is 30.9. The molecule has 2 aromatic rings. The van der Waals surface area contributed by atoms with Gasteiger partial charge in [-0.05, 0) is 61.0 Å². The molecule has 5 nitrogen and oxygen atoms in total. The number of benzene rings is 2. The van der Waals surface area contributed by atoms with Crippen molar-refractivity contribution in [3.63, 3.8) is 0 Å². The molecule has 0 spiro atoms. The highest BCUT2D eigenvalue weighted by Gasteiger charge is 2.41. The van der Waals surface area contributed by atoms with E-state index in [-0.39, 0.29) is 25.4 Å². The summed E-state index contributed by atoms with van der Waals surface area (Å²) in [6.45, 7) is 6.65. The summed E-state index contributed by atoms with van der Waals surface area (Å²) in [6, 6.07) is 16.7. The Kier molecular flexibility index (Phi) is 16.6. The van der Waals surface area contributed by atoms with Gasteiger partial charge in [-0.3, -0.25) is 0 Å². The minimum atomic E-state index is -0.351. The molecule has 0 aliphatic carbocycles. The quantitative estimate of drug-likeness (QED) is 0.0986. The zero-order chi connectivity index (χ0) is 30.7. The van der Waals surface area contributed by atoms with Crippen LogP contribution in [0.5, 0.6) is 11.5 Å². The van der Waals surface area contributed by atoms with Gasteiger partial charge in [0.1, 0.15) is 17.6 Å². The van der Waals surface area contributed by atoms with E-state index in [0.29, 0.717) is 6.61 Å². The Labute approximate surface area is 268 Å². The van der Waals surface area contributed by atoms with Crippen LogP contribution in [-0.4, -0.2) is 39.1 Å². The largest absolute Gasteiger partial charge is 0.494 e. The molecule has 0 radical (unpaired) electrons. The van der Waals surface area contributed by atoms with Crippen LogP contribution in [0, 0.1) is 0 Å². The van der Waals surface area contributed by atoms with E-state index in [0.717, 1.165) is 55.9 Å². The second-order valence-electron chi connectivity index (χ2n) is 12.9. The molecule has 2 fully saturated rings. The van der Waals surface area contributed by atoms with Crippen LogP contribution in [0.1, 0.15) is 141 Å². The molecule has 0 N–H and O–H groups in total. The van der Waals surface area contributed by atoms with Gasteiger partial charge in [-0.25, -0.2) is 0 Å². The van der Waals surface area contributed by atoms with E-state index in [9.17, 15) is 0 Å². The fourth-order valence-electron chi connectivity index (χ4n) is 6.32. The number of unbranched alkanes of at least 4 members (excludes halogenated alkanes) is 14. The van der Waals surface area contributed by atoms with Gasteiger partial charge in [0.05, 0.1) is 32.0 Å². The third-order valence-corrected chi connectivity index (χ3v) is 9.11. The van der Waals surface area contributed by atoms with Crippen LogP contribution in [0.15, 0.2) is 48.5 Å². The van der Waals surface area contributed by atoms with Crippen molar-refractivity contribution in [3.8, 4) is 11.5 Å². The van der Waals surface area contributed by atoms with Crippen molar-refractivity contribution in [3.05, 3.63) is 54.1 Å². The monoisotopic (exact) mass is 606 g/mol. The van der Waals surface area contributed by atoms with Crippen molar-refractivity contribution in [2.24, 2.45) is 0 Å². The number of hydrogen-bond acceptors (Lipinski definition) is 5. The van der Waals surface area contributed by atoms with E-state index in [2.05, 4.69) is 50.2 Å². The normalized spacial score (nSPS) is 20.0. The summed E-state index contributed by atoms with van der Waals surface area (Å²) in [4.78, 5) is 0. The van der Waals surface area contributed by atoms with Gasteiger partial charge in [0, 0.05) is 0 Å². The van der Waals surface area contributed by atoms with Crippen LogP contribution in [0.3, 0.4) is 0 Å². The predicted octanol–water partition coefficient (Wildman–Crippen LogP) is 9.76. The lowest BCUT2D eigenvalue weighted by Gasteiger charge is -2.41. The van der Waals surface area contributed by atoms with Crippen LogP contribution in [0.2, 0.25) is 0 Å². The minimum Gasteiger partial charge on any atom is -0.494 e. The number of hydrogen-bond donors (Lipinski definition) is 0. The molecule has 2 aliphatic rings. The van der Waals surface area contributed by atoms with E-state index in [4.69, 9.17) is 23.5 Å². The van der Waals surface area contributed by atoms with Gasteiger partial charge < -0.3 is 23.5 Å². The van der Waals surface area contributed by atoms with E-state index in [1.807, 2.05) is 12.1 Å². The highest BCUT2D eigenvalue weighted by molar-refractivity contribution is 6.61. The first-order valence-corrected chi connectivity index (χ1v) is 18.1. The molecule has 44 heavy (non-hydrogen) atoms. The fraction of sp³-hybridized carbons (Fsp3) is 0.684. The molecule has 2 heterocycles. The average Bonchev–Trinajstić information content (AvgIpc) is 3.07. The van der Waals surface area contributed by atoms with Gasteiger partial charge in [0.15, 0.2) is 0 Å². The topological polar surface area (TPSA) is 46.2 Å². The van der Waals surface area contributed by atoms with E-state index >= 15 is 0 Å². The highest BCUT2D eigenvalue weighted by atomic mass is 16.6. The zero-order valence-electron chi connectivity index (χ0n) is 27.8. The molecule has 2 aromatic carbocycles. The molecule has 244 valence electrons. The first-order valence-electron chi connectivity index (χ1n) is 18.1. The Balaban J connectivity index is 1.08. The summed E-state index contributed by atoms with van der Waals surface area (Å²) in [6.07, 6.45) is 23.0. The van der Waals surface area contributed by atoms with Crippen molar-refractivity contribution >= 4 is 12.6 Å². The molecule has 2 aliphatic heterocycles. The van der Waals surface area contributed by atoms with Crippen LogP contribution in [0.25, 0.3) is 0 Å². The van der Waals surface area contributed by atoms with Crippen molar-refractivity contribution in [2.75, 3.05) is 19.8 Å². The SMILES string of the molecule is CCCCCCCCCCCCOc1ccc(B2OC[C@H]3O[C@@H](c4ccc(OCCCCCCCC)cc4)CC[C@@H]3O2)cc1. The van der Waals surface area contributed by atoms with Crippen molar-refractivity contribution in [1.29, 1.82) is 0 Å². The molecule has 0 saturated carbocycles. The predicted molar refractivity (Wildman–Crippen MR) is 182 cm³/mol. The van der Waals surface area contributed by atoms with Crippen LogP contribution >= 0.6 is 0 Å². The fourth-order valence-corrected chi connectivity index (χ4v) is 6.32. The summed E-state index contributed by atoms with van der Waals surface area (Å²) in [5, 5.41) is 0. The summed E-state index contributed by atoms with van der Waals surface area (Å²) in [5.74, 6) is 1.86. The Morgan fingerprint density at radius 3 is 1.64 bits per heavy atom. The zero-order valence-corrected chi connectivity index (χ0v) is 27.8. The average molecular weight is 607 g/mol. The molecular formula is C38H59BO5. The number of ether oxygens (including phenoxy) is 3. The number of fused-ring (bicyclic) bond motifs is 1. The van der Waals surface area contributed by atoms with E-state index < -0.39 is 0 Å². The standard InChI is InChI=1S/C38H59BO5/c1-3-5-7-9-11-12-13-14-16-18-30-41-35-25-21-33(22-26-35)39-42-31-38-37(44-39)28-27-36(43-38)32-19-23-34(24-20-32)40-29-17-15-10-8-6-4-2/h19-26,36-38H,3-18,27-31H2,1-2H3/t36-,37+,38-/m1/s1. The maximum Gasteiger partial charge on any atom is 0.494 e. The lowest BCUT2D eigenvalue weighted by molar-refractivity contribution is -0.150. The smallest absolute Gasteiger partial charge is 0.494 e. The van der Waals surface area contributed by atoms with Crippen LogP contribution in [-0.2, 0) is 14.0 Å². The molecule has 0 bridgehead atoms. The van der Waals surface area contributed by atoms with E-state index in [1.54, 1.807) is 0 Å². The molecule has 4 rings (SSSR count). The van der Waals surface area contributed by atoms with Gasteiger partial charge >= 0.3 is 7.12 Å².